The highest BCUT2D eigenvalue weighted by Crippen LogP contribution is 2.27. The van der Waals surface area contributed by atoms with Crippen molar-refractivity contribution in [3.05, 3.63) is 47.5 Å². The Bertz CT molecular complexity index is 399. The van der Waals surface area contributed by atoms with Crippen LogP contribution in [0.15, 0.2) is 42.0 Å². The number of benzene rings is 1. The van der Waals surface area contributed by atoms with Crippen LogP contribution < -0.4 is 0 Å². The molecule has 0 saturated heterocycles. The van der Waals surface area contributed by atoms with Crippen LogP contribution in [0.25, 0.3) is 0 Å². The van der Waals surface area contributed by atoms with Crippen LogP contribution in [0.3, 0.4) is 0 Å². The summed E-state index contributed by atoms with van der Waals surface area (Å²) in [5, 5.41) is 0. The Kier molecular flexibility index (Phi) is 7.01. The van der Waals surface area contributed by atoms with Gasteiger partial charge in [0.15, 0.2) is 0 Å². The van der Waals surface area contributed by atoms with E-state index in [4.69, 9.17) is 4.74 Å². The summed E-state index contributed by atoms with van der Waals surface area (Å²) < 4.78 is 6.27. The first-order valence-electron chi connectivity index (χ1n) is 7.72. The minimum absolute atomic E-state index is 0.269. The fraction of sp³-hybridized carbons (Fsp3) is 0.579. The van der Waals surface area contributed by atoms with Gasteiger partial charge in [0, 0.05) is 5.92 Å². The van der Waals surface area contributed by atoms with Gasteiger partial charge in [-0.15, -0.1) is 0 Å². The summed E-state index contributed by atoms with van der Waals surface area (Å²) in [7, 11) is 0. The van der Waals surface area contributed by atoms with Gasteiger partial charge in [0.1, 0.15) is 0 Å². The van der Waals surface area contributed by atoms with E-state index in [1.54, 1.807) is 0 Å². The predicted octanol–water partition coefficient (Wildman–Crippen LogP) is 5.47. The summed E-state index contributed by atoms with van der Waals surface area (Å²) in [6, 6.07) is 10.4. The minimum atomic E-state index is 0.269. The molecule has 1 heteroatoms. The molecule has 0 radical (unpaired) electrons. The average Bonchev–Trinajstić information content (AvgIpc) is 2.38. The molecular weight excluding hydrogens is 244 g/mol. The molecule has 0 heterocycles. The highest BCUT2D eigenvalue weighted by atomic mass is 16.5. The van der Waals surface area contributed by atoms with Gasteiger partial charge in [0.05, 0.1) is 12.7 Å². The summed E-state index contributed by atoms with van der Waals surface area (Å²) in [5.41, 5.74) is 2.62. The normalized spacial score (nSPS) is 14.4. The smallest absolute Gasteiger partial charge is 0.0721 e. The van der Waals surface area contributed by atoms with Crippen molar-refractivity contribution in [2.75, 3.05) is 0 Å². The Morgan fingerprint density at radius 1 is 1.00 bits per heavy atom. The zero-order valence-corrected chi connectivity index (χ0v) is 13.9. The molecule has 0 unspecified atom stereocenters. The van der Waals surface area contributed by atoms with Crippen molar-refractivity contribution in [2.24, 2.45) is 17.8 Å². The first-order valence-corrected chi connectivity index (χ1v) is 7.72. The molecule has 0 aromatic heterocycles. The van der Waals surface area contributed by atoms with Crippen LogP contribution in [0.2, 0.25) is 0 Å². The molecule has 0 aliphatic rings. The van der Waals surface area contributed by atoms with Gasteiger partial charge in [-0.3, -0.25) is 0 Å². The molecule has 0 N–H and O–H groups in total. The van der Waals surface area contributed by atoms with Gasteiger partial charge in [-0.05, 0) is 31.2 Å². The molecule has 0 aliphatic carbocycles. The molecule has 1 rings (SSSR count). The van der Waals surface area contributed by atoms with Crippen LogP contribution in [-0.4, -0.2) is 6.10 Å². The molecule has 0 aliphatic heterocycles. The van der Waals surface area contributed by atoms with Crippen molar-refractivity contribution in [3.8, 4) is 0 Å². The molecule has 0 fully saturated rings. The molecule has 20 heavy (non-hydrogen) atoms. The van der Waals surface area contributed by atoms with E-state index in [1.807, 2.05) is 6.07 Å². The van der Waals surface area contributed by atoms with E-state index in [2.05, 4.69) is 71.9 Å². The second-order valence-electron chi connectivity index (χ2n) is 6.57. The van der Waals surface area contributed by atoms with E-state index in [0.29, 0.717) is 24.4 Å². The lowest BCUT2D eigenvalue weighted by Gasteiger charge is -2.31. The summed E-state index contributed by atoms with van der Waals surface area (Å²) in [5.74, 6) is 1.58. The van der Waals surface area contributed by atoms with Gasteiger partial charge in [-0.2, -0.15) is 0 Å². The van der Waals surface area contributed by atoms with Crippen LogP contribution in [0.1, 0.15) is 47.1 Å². The van der Waals surface area contributed by atoms with E-state index in [9.17, 15) is 0 Å². The maximum atomic E-state index is 6.27. The topological polar surface area (TPSA) is 9.23 Å². The van der Waals surface area contributed by atoms with Crippen LogP contribution >= 0.6 is 0 Å². The van der Waals surface area contributed by atoms with Crippen LogP contribution in [0.5, 0.6) is 0 Å². The van der Waals surface area contributed by atoms with Gasteiger partial charge in [-0.25, -0.2) is 0 Å². The zero-order valence-electron chi connectivity index (χ0n) is 13.9. The lowest BCUT2D eigenvalue weighted by molar-refractivity contribution is -0.0270. The maximum Gasteiger partial charge on any atom is 0.0721 e. The van der Waals surface area contributed by atoms with Crippen molar-refractivity contribution in [1.29, 1.82) is 0 Å². The molecule has 1 nitrogen and oxygen atoms in total. The average molecular weight is 274 g/mol. The Labute approximate surface area is 125 Å². The fourth-order valence-corrected chi connectivity index (χ4v) is 2.57. The van der Waals surface area contributed by atoms with E-state index in [-0.39, 0.29) is 6.10 Å². The monoisotopic (exact) mass is 274 g/mol. The van der Waals surface area contributed by atoms with Crippen molar-refractivity contribution in [2.45, 2.75) is 54.3 Å². The van der Waals surface area contributed by atoms with Crippen molar-refractivity contribution in [3.63, 3.8) is 0 Å². The lowest BCUT2D eigenvalue weighted by Crippen LogP contribution is -2.31. The predicted molar refractivity (Wildman–Crippen MR) is 87.6 cm³/mol. The molecule has 112 valence electrons. The van der Waals surface area contributed by atoms with Crippen LogP contribution in [-0.2, 0) is 11.3 Å². The first kappa shape index (κ1) is 17.0. The highest BCUT2D eigenvalue weighted by molar-refractivity contribution is 5.13. The largest absolute Gasteiger partial charge is 0.373 e. The van der Waals surface area contributed by atoms with E-state index in [0.717, 1.165) is 0 Å². The van der Waals surface area contributed by atoms with Crippen LogP contribution in [0, 0.1) is 17.8 Å². The first-order chi connectivity index (χ1) is 9.41. The van der Waals surface area contributed by atoms with E-state index in [1.165, 1.54) is 11.1 Å². The third kappa shape index (κ3) is 5.50. The van der Waals surface area contributed by atoms with Gasteiger partial charge in [-0.1, -0.05) is 69.7 Å². The third-order valence-corrected chi connectivity index (χ3v) is 3.62. The summed E-state index contributed by atoms with van der Waals surface area (Å²) in [6.07, 6.45) is 2.64. The molecule has 0 spiro atoms. The standard InChI is InChI=1S/C19H30O/c1-14(2)12-18(15(3)4)19(16(5)6)20-13-17-10-8-7-9-11-17/h7-12,15-16,18-19H,13H2,1-6H3/t18-,19+/m1/s1. The van der Waals surface area contributed by atoms with Gasteiger partial charge in [0.25, 0.3) is 0 Å². The molecule has 0 bridgehead atoms. The quantitative estimate of drug-likeness (QED) is 0.599. The summed E-state index contributed by atoms with van der Waals surface area (Å²) in [6.45, 7) is 14.1. The number of rotatable bonds is 7. The minimum Gasteiger partial charge on any atom is -0.373 e. The SMILES string of the molecule is CC(C)=C[C@H](C(C)C)[C@@H](OCc1ccccc1)C(C)C. The Morgan fingerprint density at radius 2 is 1.60 bits per heavy atom. The number of hydrogen-bond donors (Lipinski definition) is 0. The Balaban J connectivity index is 2.79. The Hall–Kier alpha value is -1.08. The van der Waals surface area contributed by atoms with Gasteiger partial charge < -0.3 is 4.74 Å². The van der Waals surface area contributed by atoms with Crippen LogP contribution in [0.4, 0.5) is 0 Å². The van der Waals surface area contributed by atoms with Crippen molar-refractivity contribution < 1.29 is 4.74 Å². The Morgan fingerprint density at radius 3 is 2.05 bits per heavy atom. The summed E-state index contributed by atoms with van der Waals surface area (Å²) in [4.78, 5) is 0. The molecule has 2 atom stereocenters. The van der Waals surface area contributed by atoms with E-state index < -0.39 is 0 Å². The van der Waals surface area contributed by atoms with Gasteiger partial charge >= 0.3 is 0 Å². The molecular formula is C19H30O. The fourth-order valence-electron chi connectivity index (χ4n) is 2.57. The molecule has 0 amide bonds. The number of ether oxygens (including phenoxy) is 1. The van der Waals surface area contributed by atoms with Gasteiger partial charge in [0.2, 0.25) is 0 Å². The molecule has 1 aromatic carbocycles. The second kappa shape index (κ2) is 8.26. The number of allylic oxidation sites excluding steroid dienone is 1. The molecule has 0 saturated carbocycles. The second-order valence-corrected chi connectivity index (χ2v) is 6.57. The summed E-state index contributed by atoms with van der Waals surface area (Å²) >= 11 is 0. The third-order valence-electron chi connectivity index (χ3n) is 3.62. The van der Waals surface area contributed by atoms with Crippen molar-refractivity contribution >= 4 is 0 Å². The zero-order chi connectivity index (χ0) is 15.1. The lowest BCUT2D eigenvalue weighted by atomic mass is 9.83. The van der Waals surface area contributed by atoms with Crippen molar-refractivity contribution in [1.82, 2.24) is 0 Å². The highest BCUT2D eigenvalue weighted by Gasteiger charge is 2.26. The number of hydrogen-bond acceptors (Lipinski definition) is 1. The molecule has 1 aromatic rings. The maximum absolute atomic E-state index is 6.27. The van der Waals surface area contributed by atoms with E-state index >= 15 is 0 Å².